The lowest BCUT2D eigenvalue weighted by molar-refractivity contribution is 0.0663. The molecule has 1 fully saturated rings. The molecule has 1 aromatic carbocycles. The molecule has 1 saturated heterocycles. The standard InChI is InChI=1S/C13H17FN2O/c1-10-7-11(9-12(14)8-10)13(17)16-5-3-15(2)4-6-16/h7-9H,3-6H2,1-2H3. The van der Waals surface area contributed by atoms with Gasteiger partial charge in [0.15, 0.2) is 0 Å². The van der Waals surface area contributed by atoms with Crippen molar-refractivity contribution in [2.45, 2.75) is 6.92 Å². The first-order valence-corrected chi connectivity index (χ1v) is 5.81. The van der Waals surface area contributed by atoms with Gasteiger partial charge in [0.2, 0.25) is 0 Å². The lowest BCUT2D eigenvalue weighted by atomic mass is 10.1. The van der Waals surface area contributed by atoms with Crippen LogP contribution in [0.25, 0.3) is 0 Å². The van der Waals surface area contributed by atoms with E-state index >= 15 is 0 Å². The summed E-state index contributed by atoms with van der Waals surface area (Å²) >= 11 is 0. The average Bonchev–Trinajstić information content (AvgIpc) is 2.28. The summed E-state index contributed by atoms with van der Waals surface area (Å²) in [5.41, 5.74) is 1.23. The van der Waals surface area contributed by atoms with E-state index in [1.54, 1.807) is 17.9 Å². The fraction of sp³-hybridized carbons (Fsp3) is 0.462. The Labute approximate surface area is 101 Å². The molecule has 2 rings (SSSR count). The number of carbonyl (C=O) groups is 1. The zero-order valence-electron chi connectivity index (χ0n) is 10.2. The molecule has 1 aliphatic heterocycles. The number of halogens is 1. The van der Waals surface area contributed by atoms with Crippen LogP contribution in [0, 0.1) is 12.7 Å². The molecule has 3 nitrogen and oxygen atoms in total. The van der Waals surface area contributed by atoms with Gasteiger partial charge in [-0.05, 0) is 37.7 Å². The van der Waals surface area contributed by atoms with Crippen molar-refractivity contribution in [3.63, 3.8) is 0 Å². The van der Waals surface area contributed by atoms with Crippen LogP contribution in [0.5, 0.6) is 0 Å². The highest BCUT2D eigenvalue weighted by Crippen LogP contribution is 2.12. The predicted octanol–water partition coefficient (Wildman–Crippen LogP) is 1.52. The molecule has 0 aliphatic carbocycles. The van der Waals surface area contributed by atoms with Crippen molar-refractivity contribution < 1.29 is 9.18 Å². The molecule has 17 heavy (non-hydrogen) atoms. The number of nitrogens with zero attached hydrogens (tertiary/aromatic N) is 2. The number of aryl methyl sites for hydroxylation is 1. The predicted molar refractivity (Wildman–Crippen MR) is 64.5 cm³/mol. The minimum absolute atomic E-state index is 0.0688. The second-order valence-corrected chi connectivity index (χ2v) is 4.61. The number of benzene rings is 1. The summed E-state index contributed by atoms with van der Waals surface area (Å²) in [6.45, 7) is 4.97. The van der Waals surface area contributed by atoms with Gasteiger partial charge in [0.1, 0.15) is 5.82 Å². The summed E-state index contributed by atoms with van der Waals surface area (Å²) in [6.07, 6.45) is 0. The number of hydrogen-bond acceptors (Lipinski definition) is 2. The second kappa shape index (κ2) is 4.84. The number of carbonyl (C=O) groups excluding carboxylic acids is 1. The van der Waals surface area contributed by atoms with Gasteiger partial charge in [-0.3, -0.25) is 4.79 Å². The molecule has 0 saturated carbocycles. The van der Waals surface area contributed by atoms with E-state index in [0.717, 1.165) is 18.7 Å². The Bertz CT molecular complexity index is 405. The number of hydrogen-bond donors (Lipinski definition) is 0. The minimum Gasteiger partial charge on any atom is -0.336 e. The molecule has 0 spiro atoms. The quantitative estimate of drug-likeness (QED) is 0.738. The van der Waals surface area contributed by atoms with Crippen LogP contribution >= 0.6 is 0 Å². The summed E-state index contributed by atoms with van der Waals surface area (Å²) < 4.78 is 13.2. The van der Waals surface area contributed by atoms with Crippen molar-refractivity contribution in [2.24, 2.45) is 0 Å². The maximum atomic E-state index is 13.2. The smallest absolute Gasteiger partial charge is 0.254 e. The van der Waals surface area contributed by atoms with Gasteiger partial charge in [-0.1, -0.05) is 0 Å². The molecule has 1 aromatic rings. The van der Waals surface area contributed by atoms with Gasteiger partial charge in [0.05, 0.1) is 0 Å². The van der Waals surface area contributed by atoms with Crippen molar-refractivity contribution in [2.75, 3.05) is 33.2 Å². The summed E-state index contributed by atoms with van der Waals surface area (Å²) in [5.74, 6) is -0.414. The lowest BCUT2D eigenvalue weighted by Crippen LogP contribution is -2.47. The van der Waals surface area contributed by atoms with E-state index < -0.39 is 0 Å². The highest BCUT2D eigenvalue weighted by Gasteiger charge is 2.20. The van der Waals surface area contributed by atoms with Gasteiger partial charge < -0.3 is 9.80 Å². The SMILES string of the molecule is Cc1cc(F)cc(C(=O)N2CCN(C)CC2)c1. The Hall–Kier alpha value is -1.42. The Morgan fingerprint density at radius 3 is 2.41 bits per heavy atom. The van der Waals surface area contributed by atoms with E-state index in [4.69, 9.17) is 0 Å². The van der Waals surface area contributed by atoms with Gasteiger partial charge in [-0.15, -0.1) is 0 Å². The molecule has 4 heteroatoms. The van der Waals surface area contributed by atoms with Crippen molar-refractivity contribution in [1.29, 1.82) is 0 Å². The molecule has 0 bridgehead atoms. The zero-order chi connectivity index (χ0) is 12.4. The van der Waals surface area contributed by atoms with E-state index in [9.17, 15) is 9.18 Å². The number of rotatable bonds is 1. The van der Waals surface area contributed by atoms with E-state index in [1.165, 1.54) is 12.1 Å². The Morgan fingerprint density at radius 2 is 1.82 bits per heavy atom. The van der Waals surface area contributed by atoms with E-state index in [0.29, 0.717) is 18.7 Å². The molecule has 92 valence electrons. The fourth-order valence-electron chi connectivity index (χ4n) is 2.05. The van der Waals surface area contributed by atoms with E-state index in [1.807, 2.05) is 7.05 Å². The highest BCUT2D eigenvalue weighted by atomic mass is 19.1. The van der Waals surface area contributed by atoms with Gasteiger partial charge in [0, 0.05) is 31.7 Å². The first-order valence-electron chi connectivity index (χ1n) is 5.81. The molecule has 1 amide bonds. The summed E-state index contributed by atoms with van der Waals surface area (Å²) in [5, 5.41) is 0. The monoisotopic (exact) mass is 236 g/mol. The number of piperazine rings is 1. The second-order valence-electron chi connectivity index (χ2n) is 4.61. The number of amides is 1. The lowest BCUT2D eigenvalue weighted by Gasteiger charge is -2.32. The van der Waals surface area contributed by atoms with Crippen LogP contribution in [-0.4, -0.2) is 48.9 Å². The molecular formula is C13H17FN2O. The largest absolute Gasteiger partial charge is 0.336 e. The van der Waals surface area contributed by atoms with Crippen LogP contribution in [-0.2, 0) is 0 Å². The molecule has 0 N–H and O–H groups in total. The van der Waals surface area contributed by atoms with E-state index in [-0.39, 0.29) is 11.7 Å². The molecule has 1 heterocycles. The normalized spacial score (nSPS) is 17.2. The zero-order valence-corrected chi connectivity index (χ0v) is 10.2. The molecule has 1 aliphatic rings. The van der Waals surface area contributed by atoms with Crippen molar-refractivity contribution in [1.82, 2.24) is 9.80 Å². The van der Waals surface area contributed by atoms with Crippen LogP contribution in [0.4, 0.5) is 4.39 Å². The maximum Gasteiger partial charge on any atom is 0.254 e. The van der Waals surface area contributed by atoms with Gasteiger partial charge in [-0.25, -0.2) is 4.39 Å². The summed E-state index contributed by atoms with van der Waals surface area (Å²) in [6, 6.07) is 4.48. The van der Waals surface area contributed by atoms with Crippen LogP contribution in [0.2, 0.25) is 0 Å². The third-order valence-electron chi connectivity index (χ3n) is 3.08. The topological polar surface area (TPSA) is 23.6 Å². The summed E-state index contributed by atoms with van der Waals surface area (Å²) in [7, 11) is 2.04. The van der Waals surface area contributed by atoms with Crippen LogP contribution in [0.1, 0.15) is 15.9 Å². The minimum atomic E-state index is -0.345. The Morgan fingerprint density at radius 1 is 1.18 bits per heavy atom. The third-order valence-corrected chi connectivity index (χ3v) is 3.08. The van der Waals surface area contributed by atoms with Crippen molar-refractivity contribution in [3.05, 3.63) is 35.1 Å². The molecule has 0 radical (unpaired) electrons. The van der Waals surface area contributed by atoms with Gasteiger partial charge >= 0.3 is 0 Å². The summed E-state index contributed by atoms with van der Waals surface area (Å²) in [4.78, 5) is 16.1. The van der Waals surface area contributed by atoms with Crippen LogP contribution < -0.4 is 0 Å². The first kappa shape index (κ1) is 12.0. The molecule has 0 atom stereocenters. The molecule has 0 unspecified atom stereocenters. The van der Waals surface area contributed by atoms with Gasteiger partial charge in [-0.2, -0.15) is 0 Å². The highest BCUT2D eigenvalue weighted by molar-refractivity contribution is 5.94. The van der Waals surface area contributed by atoms with Crippen LogP contribution in [0.15, 0.2) is 18.2 Å². The fourth-order valence-corrected chi connectivity index (χ4v) is 2.05. The molecule has 0 aromatic heterocycles. The average molecular weight is 236 g/mol. The van der Waals surface area contributed by atoms with Crippen LogP contribution in [0.3, 0.4) is 0 Å². The Kier molecular flexibility index (Phi) is 3.43. The first-order chi connectivity index (χ1) is 8.06. The Balaban J connectivity index is 2.14. The third kappa shape index (κ3) is 2.82. The molecular weight excluding hydrogens is 219 g/mol. The van der Waals surface area contributed by atoms with Gasteiger partial charge in [0.25, 0.3) is 5.91 Å². The van der Waals surface area contributed by atoms with E-state index in [2.05, 4.69) is 4.90 Å². The number of likely N-dealkylation sites (N-methyl/N-ethyl adjacent to an activating group) is 1. The van der Waals surface area contributed by atoms with Crippen molar-refractivity contribution >= 4 is 5.91 Å². The maximum absolute atomic E-state index is 13.2. The van der Waals surface area contributed by atoms with Crippen molar-refractivity contribution in [3.8, 4) is 0 Å².